The van der Waals surface area contributed by atoms with Gasteiger partial charge in [-0.25, -0.2) is 4.98 Å². The summed E-state index contributed by atoms with van der Waals surface area (Å²) in [5.41, 5.74) is 4.02. The molecule has 8 heteroatoms. The highest BCUT2D eigenvalue weighted by Crippen LogP contribution is 2.41. The molecule has 0 amide bonds. The summed E-state index contributed by atoms with van der Waals surface area (Å²) in [6.45, 7) is 13.3. The summed E-state index contributed by atoms with van der Waals surface area (Å²) in [5.74, 6) is 1.80. The lowest BCUT2D eigenvalue weighted by molar-refractivity contribution is -0.137. The fourth-order valence-electron chi connectivity index (χ4n) is 3.84. The number of H-pyrrole nitrogens is 1. The van der Waals surface area contributed by atoms with E-state index in [9.17, 15) is 13.2 Å². The fraction of sp³-hybridized carbons (Fsp3) is 0.300. The van der Waals surface area contributed by atoms with Gasteiger partial charge in [-0.15, -0.1) is 0 Å². The smallest absolute Gasteiger partial charge is 0.416 e. The van der Waals surface area contributed by atoms with Gasteiger partial charge in [0, 0.05) is 5.56 Å². The summed E-state index contributed by atoms with van der Waals surface area (Å²) < 4.78 is 50.7. The molecule has 0 aliphatic heterocycles. The van der Waals surface area contributed by atoms with Gasteiger partial charge >= 0.3 is 6.18 Å². The van der Waals surface area contributed by atoms with Crippen molar-refractivity contribution < 1.29 is 22.3 Å². The Morgan fingerprint density at radius 1 is 0.974 bits per heavy atom. The van der Waals surface area contributed by atoms with Crippen molar-refractivity contribution in [3.63, 3.8) is 0 Å². The molecule has 4 nitrogen and oxygen atoms in total. The number of allylic oxidation sites excluding steroid dienone is 1. The lowest BCUT2D eigenvalue weighted by Gasteiger charge is -2.37. The SMILES string of the molecule is C/C=C(\O[Si](C)(C)C(C)(C)C)c1ccccc1-c1ccc2nc(COc3ccc(C(F)(F)F)cc3)[nH]c2c1. The van der Waals surface area contributed by atoms with Crippen molar-refractivity contribution in [3.8, 4) is 16.9 Å². The maximum absolute atomic E-state index is 12.8. The first-order valence-electron chi connectivity index (χ1n) is 12.5. The first-order chi connectivity index (χ1) is 17.8. The normalized spacial score (nSPS) is 13.1. The summed E-state index contributed by atoms with van der Waals surface area (Å²) in [5, 5.41) is 0.0733. The second-order valence-corrected chi connectivity index (χ2v) is 15.5. The third-order valence-corrected chi connectivity index (χ3v) is 11.4. The molecule has 0 radical (unpaired) electrons. The van der Waals surface area contributed by atoms with E-state index in [1.807, 2.05) is 43.3 Å². The van der Waals surface area contributed by atoms with E-state index in [4.69, 9.17) is 9.16 Å². The Labute approximate surface area is 222 Å². The minimum Gasteiger partial charge on any atom is -0.543 e. The van der Waals surface area contributed by atoms with E-state index >= 15 is 0 Å². The number of aromatic amines is 1. The molecule has 1 aromatic heterocycles. The van der Waals surface area contributed by atoms with Crippen molar-refractivity contribution >= 4 is 25.1 Å². The summed E-state index contributed by atoms with van der Waals surface area (Å²) in [4.78, 5) is 7.85. The zero-order valence-electron chi connectivity index (χ0n) is 22.5. The second kappa shape index (κ2) is 10.3. The maximum Gasteiger partial charge on any atom is 0.416 e. The Balaban J connectivity index is 1.57. The van der Waals surface area contributed by atoms with Gasteiger partial charge in [0.1, 0.15) is 23.9 Å². The molecule has 4 rings (SSSR count). The number of fused-ring (bicyclic) bond motifs is 1. The van der Waals surface area contributed by atoms with Crippen molar-refractivity contribution in [1.82, 2.24) is 9.97 Å². The summed E-state index contributed by atoms with van der Waals surface area (Å²) >= 11 is 0. The van der Waals surface area contributed by atoms with Gasteiger partial charge in [0.2, 0.25) is 8.32 Å². The van der Waals surface area contributed by atoms with Crippen LogP contribution >= 0.6 is 0 Å². The Hall–Kier alpha value is -3.52. The number of rotatable bonds is 7. The molecule has 4 aromatic rings. The van der Waals surface area contributed by atoms with E-state index in [0.29, 0.717) is 11.6 Å². The third-order valence-electron chi connectivity index (χ3n) is 7.03. The van der Waals surface area contributed by atoms with E-state index in [2.05, 4.69) is 56.0 Å². The number of alkyl halides is 3. The molecule has 0 spiro atoms. The predicted molar refractivity (Wildman–Crippen MR) is 149 cm³/mol. The van der Waals surface area contributed by atoms with Crippen LogP contribution < -0.4 is 4.74 Å². The molecule has 0 bridgehead atoms. The van der Waals surface area contributed by atoms with Crippen LogP contribution in [0.15, 0.2) is 72.8 Å². The Bertz CT molecular complexity index is 1450. The second-order valence-electron chi connectivity index (χ2n) is 10.8. The van der Waals surface area contributed by atoms with Crippen molar-refractivity contribution in [3.05, 3.63) is 89.8 Å². The maximum atomic E-state index is 12.8. The first kappa shape index (κ1) is 27.5. The van der Waals surface area contributed by atoms with Crippen LogP contribution in [0.2, 0.25) is 18.1 Å². The van der Waals surface area contributed by atoms with Gasteiger partial charge in [0.05, 0.1) is 16.6 Å². The zero-order valence-corrected chi connectivity index (χ0v) is 23.5. The number of hydrogen-bond donors (Lipinski definition) is 1. The van der Waals surface area contributed by atoms with Crippen molar-refractivity contribution in [1.29, 1.82) is 0 Å². The minimum absolute atomic E-state index is 0.0733. The number of benzene rings is 3. The van der Waals surface area contributed by atoms with Crippen LogP contribution in [0.1, 0.15) is 44.6 Å². The van der Waals surface area contributed by atoms with Gasteiger partial charge in [-0.1, -0.05) is 51.1 Å². The largest absolute Gasteiger partial charge is 0.543 e. The zero-order chi connectivity index (χ0) is 27.7. The van der Waals surface area contributed by atoms with Gasteiger partial charge in [0.25, 0.3) is 0 Å². The molecule has 0 fully saturated rings. The lowest BCUT2D eigenvalue weighted by atomic mass is 9.98. The van der Waals surface area contributed by atoms with Crippen LogP contribution in [-0.4, -0.2) is 18.3 Å². The number of halogens is 3. The molecule has 0 aliphatic rings. The Kier molecular flexibility index (Phi) is 7.48. The van der Waals surface area contributed by atoms with Crippen LogP contribution in [-0.2, 0) is 17.2 Å². The highest BCUT2D eigenvalue weighted by Gasteiger charge is 2.39. The molecule has 38 heavy (non-hydrogen) atoms. The van der Waals surface area contributed by atoms with E-state index in [-0.39, 0.29) is 11.6 Å². The van der Waals surface area contributed by atoms with E-state index in [1.54, 1.807) is 0 Å². The number of hydrogen-bond acceptors (Lipinski definition) is 3. The van der Waals surface area contributed by atoms with Crippen LogP contribution in [0.25, 0.3) is 27.9 Å². The molecule has 1 N–H and O–H groups in total. The molecule has 0 saturated heterocycles. The van der Waals surface area contributed by atoms with Crippen molar-refractivity contribution in [2.45, 2.75) is 58.6 Å². The highest BCUT2D eigenvalue weighted by atomic mass is 28.4. The average molecular weight is 539 g/mol. The van der Waals surface area contributed by atoms with E-state index < -0.39 is 20.1 Å². The molecule has 1 heterocycles. The Morgan fingerprint density at radius 3 is 2.29 bits per heavy atom. The monoisotopic (exact) mass is 538 g/mol. The molecular weight excluding hydrogens is 505 g/mol. The topological polar surface area (TPSA) is 47.1 Å². The van der Waals surface area contributed by atoms with E-state index in [0.717, 1.165) is 45.6 Å². The molecule has 0 atom stereocenters. The first-order valence-corrected chi connectivity index (χ1v) is 15.4. The van der Waals surface area contributed by atoms with Gasteiger partial charge in [-0.2, -0.15) is 13.2 Å². The van der Waals surface area contributed by atoms with Gasteiger partial charge < -0.3 is 14.1 Å². The number of ether oxygens (including phenoxy) is 1. The quantitative estimate of drug-likeness (QED) is 0.188. The van der Waals surface area contributed by atoms with Crippen molar-refractivity contribution in [2.24, 2.45) is 0 Å². The standard InChI is InChI=1S/C30H33F3N2O2Si/c1-7-27(37-38(5,6)29(2,3)4)24-11-9-8-10-23(24)20-12-17-25-26(18-20)35-28(34-25)19-36-22-15-13-21(14-16-22)30(31,32)33/h7-18H,19H2,1-6H3,(H,34,35)/b27-7-. The molecule has 0 aliphatic carbocycles. The molecule has 0 unspecified atom stereocenters. The number of aromatic nitrogens is 2. The van der Waals surface area contributed by atoms with Crippen LogP contribution in [0.5, 0.6) is 5.75 Å². The molecule has 3 aromatic carbocycles. The van der Waals surface area contributed by atoms with Crippen LogP contribution in [0, 0.1) is 0 Å². The molecular formula is C30H33F3N2O2Si. The number of imidazole rings is 1. The molecule has 0 saturated carbocycles. The van der Waals surface area contributed by atoms with Crippen LogP contribution in [0.3, 0.4) is 0 Å². The lowest BCUT2D eigenvalue weighted by Crippen LogP contribution is -2.40. The van der Waals surface area contributed by atoms with Gasteiger partial charge in [0.15, 0.2) is 0 Å². The van der Waals surface area contributed by atoms with Gasteiger partial charge in [-0.3, -0.25) is 0 Å². The fourth-order valence-corrected chi connectivity index (χ4v) is 4.92. The van der Waals surface area contributed by atoms with Crippen molar-refractivity contribution in [2.75, 3.05) is 0 Å². The summed E-state index contributed by atoms with van der Waals surface area (Å²) in [6.07, 6.45) is -2.34. The molecule has 200 valence electrons. The minimum atomic E-state index is -4.38. The van der Waals surface area contributed by atoms with Gasteiger partial charge in [-0.05, 0) is 78.7 Å². The highest BCUT2D eigenvalue weighted by molar-refractivity contribution is 6.74. The van der Waals surface area contributed by atoms with Crippen LogP contribution in [0.4, 0.5) is 13.2 Å². The summed E-state index contributed by atoms with van der Waals surface area (Å²) in [6, 6.07) is 18.8. The summed E-state index contributed by atoms with van der Waals surface area (Å²) in [7, 11) is -2.04. The predicted octanol–water partition coefficient (Wildman–Crippen LogP) is 9.21. The third kappa shape index (κ3) is 5.96. The Morgan fingerprint density at radius 2 is 1.66 bits per heavy atom. The number of nitrogens with zero attached hydrogens (tertiary/aromatic N) is 1. The van der Waals surface area contributed by atoms with E-state index in [1.165, 1.54) is 12.1 Å². The average Bonchev–Trinajstić information content (AvgIpc) is 3.27. The number of nitrogens with one attached hydrogen (secondary N) is 1.